The van der Waals surface area contributed by atoms with Gasteiger partial charge in [-0.25, -0.2) is 0 Å². The van der Waals surface area contributed by atoms with Crippen LogP contribution in [0, 0.1) is 5.92 Å². The van der Waals surface area contributed by atoms with Gasteiger partial charge in [-0.05, 0) is 41.8 Å². The van der Waals surface area contributed by atoms with Gasteiger partial charge in [-0.1, -0.05) is 31.5 Å². The van der Waals surface area contributed by atoms with E-state index in [-0.39, 0.29) is 22.5 Å². The molecule has 0 aliphatic carbocycles. The molecule has 0 aliphatic heterocycles. The van der Waals surface area contributed by atoms with Gasteiger partial charge in [-0.2, -0.15) is 13.2 Å². The highest BCUT2D eigenvalue weighted by Gasteiger charge is 2.32. The Morgan fingerprint density at radius 2 is 1.74 bits per heavy atom. The van der Waals surface area contributed by atoms with Crippen LogP contribution in [0.25, 0.3) is 0 Å². The Morgan fingerprint density at radius 3 is 2.26 bits per heavy atom. The number of nitrogens with zero attached hydrogens (tertiary/aromatic N) is 1. The number of hydrogen-bond acceptors (Lipinski definition) is 4. The van der Waals surface area contributed by atoms with Crippen LogP contribution in [-0.4, -0.2) is 38.1 Å². The summed E-state index contributed by atoms with van der Waals surface area (Å²) < 4.78 is 49.1. The fraction of sp³-hybridized carbons (Fsp3) is 0.409. The van der Waals surface area contributed by atoms with Crippen molar-refractivity contribution in [1.29, 1.82) is 0 Å². The monoisotopic (exact) mass is 458 g/mol. The van der Waals surface area contributed by atoms with Gasteiger partial charge in [0.2, 0.25) is 5.91 Å². The second kappa shape index (κ2) is 10.1. The molecule has 0 saturated heterocycles. The van der Waals surface area contributed by atoms with E-state index in [1.54, 1.807) is 26.3 Å². The summed E-state index contributed by atoms with van der Waals surface area (Å²) in [4.78, 5) is 14.6. The highest BCUT2D eigenvalue weighted by atomic mass is 35.5. The van der Waals surface area contributed by atoms with Gasteiger partial charge in [0.25, 0.3) is 0 Å². The summed E-state index contributed by atoms with van der Waals surface area (Å²) in [7, 11) is 4.73. The lowest BCUT2D eigenvalue weighted by atomic mass is 10.0. The van der Waals surface area contributed by atoms with Crippen LogP contribution in [0.4, 0.5) is 18.9 Å². The maximum Gasteiger partial charge on any atom is 0.416 e. The molecule has 1 amide bonds. The smallest absolute Gasteiger partial charge is 0.416 e. The molecule has 0 radical (unpaired) electrons. The van der Waals surface area contributed by atoms with Gasteiger partial charge >= 0.3 is 6.18 Å². The van der Waals surface area contributed by atoms with Crippen molar-refractivity contribution < 1.29 is 27.4 Å². The van der Waals surface area contributed by atoms with E-state index in [1.165, 1.54) is 18.1 Å². The van der Waals surface area contributed by atoms with Gasteiger partial charge in [0.15, 0.2) is 11.5 Å². The van der Waals surface area contributed by atoms with E-state index in [9.17, 15) is 18.0 Å². The van der Waals surface area contributed by atoms with Crippen molar-refractivity contribution in [2.75, 3.05) is 26.6 Å². The molecular formula is C22H26ClF3N2O3. The van der Waals surface area contributed by atoms with E-state index in [0.29, 0.717) is 18.0 Å². The summed E-state index contributed by atoms with van der Waals surface area (Å²) in [6.07, 6.45) is -4.49. The number of benzene rings is 2. The lowest BCUT2D eigenvalue weighted by molar-refractivity contribution is -0.137. The Morgan fingerprint density at radius 1 is 1.10 bits per heavy atom. The Hall–Kier alpha value is -2.61. The fourth-order valence-corrected chi connectivity index (χ4v) is 3.29. The van der Waals surface area contributed by atoms with Gasteiger partial charge in [0.05, 0.1) is 30.5 Å². The first kappa shape index (κ1) is 24.7. The molecule has 0 spiro atoms. The third kappa shape index (κ3) is 6.19. The molecule has 1 unspecified atom stereocenters. The molecule has 0 bridgehead atoms. The highest BCUT2D eigenvalue weighted by molar-refractivity contribution is 6.33. The van der Waals surface area contributed by atoms with Crippen LogP contribution in [0.15, 0.2) is 36.4 Å². The Balaban J connectivity index is 2.18. The number of amides is 1. The van der Waals surface area contributed by atoms with E-state index >= 15 is 0 Å². The maximum atomic E-state index is 13.1. The first-order valence-corrected chi connectivity index (χ1v) is 9.94. The molecule has 170 valence electrons. The zero-order valence-electron chi connectivity index (χ0n) is 18.0. The van der Waals surface area contributed by atoms with Crippen LogP contribution in [0.2, 0.25) is 5.02 Å². The zero-order chi connectivity index (χ0) is 23.3. The molecule has 2 aromatic rings. The molecule has 0 fully saturated rings. The number of ether oxygens (including phenoxy) is 2. The summed E-state index contributed by atoms with van der Waals surface area (Å²) in [5, 5.41) is 2.90. The second-order valence-electron chi connectivity index (χ2n) is 7.44. The average molecular weight is 459 g/mol. The summed E-state index contributed by atoms with van der Waals surface area (Å²) in [6.45, 7) is 4.00. The number of carbonyl (C=O) groups is 1. The first-order valence-electron chi connectivity index (χ1n) is 9.57. The van der Waals surface area contributed by atoms with Gasteiger partial charge in [-0.15, -0.1) is 0 Å². The quantitative estimate of drug-likeness (QED) is 0.569. The largest absolute Gasteiger partial charge is 0.493 e. The standard InChI is InChI=1S/C22H26ClF3N2O3/c1-13(2)20(27-17-8-7-15(11-16(17)23)22(24,25)26)21(29)28(3)12-14-6-9-18(30-4)19(10-14)31-5/h6-11,13,20,27H,12H2,1-5H3. The van der Waals surface area contributed by atoms with Crippen molar-refractivity contribution in [1.82, 2.24) is 4.90 Å². The van der Waals surface area contributed by atoms with Crippen LogP contribution in [-0.2, 0) is 17.5 Å². The van der Waals surface area contributed by atoms with Gasteiger partial charge in [-0.3, -0.25) is 4.79 Å². The summed E-state index contributed by atoms with van der Waals surface area (Å²) >= 11 is 6.05. The van der Waals surface area contributed by atoms with E-state index in [4.69, 9.17) is 21.1 Å². The normalized spacial score (nSPS) is 12.5. The number of anilines is 1. The molecule has 0 saturated carbocycles. The van der Waals surface area contributed by atoms with Gasteiger partial charge in [0.1, 0.15) is 6.04 Å². The summed E-state index contributed by atoms with van der Waals surface area (Å²) in [5.41, 5.74) is 0.255. The minimum Gasteiger partial charge on any atom is -0.493 e. The number of hydrogen-bond donors (Lipinski definition) is 1. The van der Waals surface area contributed by atoms with E-state index < -0.39 is 17.8 Å². The molecule has 2 rings (SSSR count). The summed E-state index contributed by atoms with van der Waals surface area (Å²) in [5.74, 6) is 0.772. The third-order valence-electron chi connectivity index (χ3n) is 4.78. The van der Waals surface area contributed by atoms with Crippen LogP contribution in [0.3, 0.4) is 0 Å². The third-order valence-corrected chi connectivity index (χ3v) is 5.10. The Kier molecular flexibility index (Phi) is 8.06. The molecule has 0 aliphatic rings. The fourth-order valence-electron chi connectivity index (χ4n) is 3.06. The number of likely N-dealkylation sites (N-methyl/N-ethyl adjacent to an activating group) is 1. The van der Waals surface area contributed by atoms with Crippen molar-refractivity contribution >= 4 is 23.2 Å². The Bertz CT molecular complexity index is 919. The van der Waals surface area contributed by atoms with Crippen molar-refractivity contribution in [3.63, 3.8) is 0 Å². The molecule has 1 N–H and O–H groups in total. The number of rotatable bonds is 8. The number of halogens is 4. The molecular weight excluding hydrogens is 433 g/mol. The van der Waals surface area contributed by atoms with Crippen LogP contribution < -0.4 is 14.8 Å². The average Bonchev–Trinajstić information content (AvgIpc) is 2.71. The lowest BCUT2D eigenvalue weighted by Crippen LogP contribution is -2.43. The Labute approximate surface area is 185 Å². The first-order chi connectivity index (χ1) is 14.5. The predicted octanol–water partition coefficient (Wildman–Crippen LogP) is 5.47. The second-order valence-corrected chi connectivity index (χ2v) is 7.85. The van der Waals surface area contributed by atoms with Crippen molar-refractivity contribution in [2.24, 2.45) is 5.92 Å². The van der Waals surface area contributed by atoms with Crippen LogP contribution in [0.5, 0.6) is 11.5 Å². The minimum absolute atomic E-state index is 0.101. The van der Waals surface area contributed by atoms with Gasteiger partial charge < -0.3 is 19.7 Å². The topological polar surface area (TPSA) is 50.8 Å². The predicted molar refractivity (Wildman–Crippen MR) is 115 cm³/mol. The molecule has 9 heteroatoms. The van der Waals surface area contributed by atoms with Gasteiger partial charge in [0, 0.05) is 13.6 Å². The summed E-state index contributed by atoms with van der Waals surface area (Å²) in [6, 6.07) is 7.71. The molecule has 1 atom stereocenters. The maximum absolute atomic E-state index is 13.1. The van der Waals surface area contributed by atoms with E-state index in [1.807, 2.05) is 19.9 Å². The molecule has 0 aromatic heterocycles. The molecule has 5 nitrogen and oxygen atoms in total. The van der Waals surface area contributed by atoms with E-state index in [0.717, 1.165) is 17.7 Å². The molecule has 0 heterocycles. The van der Waals surface area contributed by atoms with Crippen LogP contribution >= 0.6 is 11.6 Å². The molecule has 31 heavy (non-hydrogen) atoms. The van der Waals surface area contributed by atoms with Crippen molar-refractivity contribution in [3.05, 3.63) is 52.5 Å². The van der Waals surface area contributed by atoms with E-state index in [2.05, 4.69) is 5.32 Å². The van der Waals surface area contributed by atoms with Crippen molar-refractivity contribution in [2.45, 2.75) is 32.6 Å². The SMILES string of the molecule is COc1ccc(CN(C)C(=O)C(Nc2ccc(C(F)(F)F)cc2Cl)C(C)C)cc1OC. The lowest BCUT2D eigenvalue weighted by Gasteiger charge is -2.28. The number of methoxy groups -OCH3 is 2. The van der Waals surface area contributed by atoms with Crippen LogP contribution in [0.1, 0.15) is 25.0 Å². The number of alkyl halides is 3. The van der Waals surface area contributed by atoms with Crippen molar-refractivity contribution in [3.8, 4) is 11.5 Å². The highest BCUT2D eigenvalue weighted by Crippen LogP contribution is 2.34. The molecule has 2 aromatic carbocycles. The number of nitrogens with one attached hydrogen (secondary N) is 1. The minimum atomic E-state index is -4.49. The zero-order valence-corrected chi connectivity index (χ0v) is 18.8. The number of carbonyl (C=O) groups excluding carboxylic acids is 1.